The maximum Gasteiger partial charge on any atom is 0.435 e. The topological polar surface area (TPSA) is 104 Å². The molecule has 1 aromatic carbocycles. The Morgan fingerprint density at radius 1 is 1.06 bits per heavy atom. The summed E-state index contributed by atoms with van der Waals surface area (Å²) in [6.45, 7) is 0.823. The van der Waals surface area contributed by atoms with Gasteiger partial charge in [0.25, 0.3) is 5.95 Å². The lowest BCUT2D eigenvalue weighted by Gasteiger charge is -2.18. The molecule has 168 valence electrons. The molecule has 0 radical (unpaired) electrons. The molecule has 0 aliphatic heterocycles. The molecule has 2 aromatic heterocycles. The molecule has 15 heteroatoms. The summed E-state index contributed by atoms with van der Waals surface area (Å²) in [6.07, 6.45) is -8.46. The second-order valence-corrected chi connectivity index (χ2v) is 7.08. The molecular weight excluding hydrogens is 461 g/mol. The van der Waals surface area contributed by atoms with Crippen molar-refractivity contribution in [2.24, 2.45) is 0 Å². The van der Waals surface area contributed by atoms with Gasteiger partial charge in [-0.25, -0.2) is 4.68 Å². The van der Waals surface area contributed by atoms with Crippen LogP contribution in [0.25, 0.3) is 5.95 Å². The molecule has 0 spiro atoms. The Hall–Kier alpha value is -3.46. The number of benzene rings is 1. The Kier molecular flexibility index (Phi) is 6.23. The summed E-state index contributed by atoms with van der Waals surface area (Å²) in [4.78, 5) is 11.5. The van der Waals surface area contributed by atoms with Gasteiger partial charge in [0.05, 0.1) is 11.6 Å². The smallest absolute Gasteiger partial charge is 0.343 e. The van der Waals surface area contributed by atoms with Crippen molar-refractivity contribution in [2.75, 3.05) is 10.6 Å². The predicted molar refractivity (Wildman–Crippen MR) is 105 cm³/mol. The van der Waals surface area contributed by atoms with Crippen molar-refractivity contribution < 1.29 is 26.3 Å². The highest BCUT2D eigenvalue weighted by Crippen LogP contribution is 2.28. The average Bonchev–Trinajstić information content (AvgIpc) is 3.17. The standard InChI is InChI=1S/C17H13F6N8P/c1-8(16(18,19)20)25-13-27-14(26-10-4-9(7-24)5-11(32)6-10)29-15(28-13)31-3-2-12(30-31)17(21,22)23/h2-6,8H,32H2,1H3,(H2,25,26,27,28,29). The molecule has 2 unspecified atom stereocenters. The van der Waals surface area contributed by atoms with E-state index in [0.29, 0.717) is 21.7 Å². The molecule has 0 fully saturated rings. The van der Waals surface area contributed by atoms with Crippen LogP contribution in [-0.4, -0.2) is 37.0 Å². The molecule has 2 heterocycles. The first kappa shape index (κ1) is 23.2. The number of nitriles is 1. The highest BCUT2D eigenvalue weighted by atomic mass is 31.0. The Labute approximate surface area is 178 Å². The van der Waals surface area contributed by atoms with Crippen molar-refractivity contribution in [1.29, 1.82) is 5.26 Å². The van der Waals surface area contributed by atoms with Crippen LogP contribution in [0.2, 0.25) is 0 Å². The van der Waals surface area contributed by atoms with E-state index in [1.54, 1.807) is 12.1 Å². The molecule has 32 heavy (non-hydrogen) atoms. The monoisotopic (exact) mass is 474 g/mol. The summed E-state index contributed by atoms with van der Waals surface area (Å²) in [5, 5.41) is 17.8. The number of anilines is 3. The van der Waals surface area contributed by atoms with Gasteiger partial charge in [-0.1, -0.05) is 0 Å². The largest absolute Gasteiger partial charge is 0.435 e. The minimum atomic E-state index is -4.74. The van der Waals surface area contributed by atoms with Crippen LogP contribution in [-0.2, 0) is 6.18 Å². The molecule has 8 nitrogen and oxygen atoms in total. The maximum absolute atomic E-state index is 12.9. The zero-order valence-corrected chi connectivity index (χ0v) is 17.1. The van der Waals surface area contributed by atoms with Crippen molar-refractivity contribution in [3.8, 4) is 12.0 Å². The van der Waals surface area contributed by atoms with Gasteiger partial charge in [0.1, 0.15) is 6.04 Å². The van der Waals surface area contributed by atoms with Crippen molar-refractivity contribution in [3.63, 3.8) is 0 Å². The molecule has 2 N–H and O–H groups in total. The molecule has 0 bridgehead atoms. The third-order valence-electron chi connectivity index (χ3n) is 3.89. The molecule has 0 saturated heterocycles. The average molecular weight is 474 g/mol. The van der Waals surface area contributed by atoms with Gasteiger partial charge in [0.2, 0.25) is 11.9 Å². The summed E-state index contributed by atoms with van der Waals surface area (Å²) in [5.74, 6) is -1.29. The number of aromatic nitrogens is 5. The van der Waals surface area contributed by atoms with Crippen LogP contribution in [0.5, 0.6) is 0 Å². The minimum Gasteiger partial charge on any atom is -0.343 e. The van der Waals surface area contributed by atoms with Crippen molar-refractivity contribution >= 4 is 32.1 Å². The summed E-state index contributed by atoms with van der Waals surface area (Å²) in [5.41, 5.74) is -0.641. The highest BCUT2D eigenvalue weighted by Gasteiger charge is 2.37. The third kappa shape index (κ3) is 5.61. The lowest BCUT2D eigenvalue weighted by atomic mass is 10.2. The van der Waals surface area contributed by atoms with Gasteiger partial charge in [0.15, 0.2) is 5.69 Å². The van der Waals surface area contributed by atoms with Gasteiger partial charge in [-0.3, -0.25) is 0 Å². The highest BCUT2D eigenvalue weighted by molar-refractivity contribution is 7.27. The second kappa shape index (κ2) is 8.58. The number of nitrogens with zero attached hydrogens (tertiary/aromatic N) is 6. The third-order valence-corrected chi connectivity index (χ3v) is 4.22. The first-order valence-electron chi connectivity index (χ1n) is 8.65. The zero-order chi connectivity index (χ0) is 23.7. The van der Waals surface area contributed by atoms with Crippen LogP contribution in [0.15, 0.2) is 30.5 Å². The fourth-order valence-corrected chi connectivity index (χ4v) is 2.73. The number of rotatable bonds is 5. The molecular formula is C17H13F6N8P. The van der Waals surface area contributed by atoms with Crippen LogP contribution in [0.3, 0.4) is 0 Å². The number of nitrogens with one attached hydrogen (secondary N) is 2. The minimum absolute atomic E-state index is 0.278. The van der Waals surface area contributed by atoms with Crippen LogP contribution < -0.4 is 15.9 Å². The normalized spacial score (nSPS) is 12.8. The van der Waals surface area contributed by atoms with E-state index >= 15 is 0 Å². The molecule has 3 rings (SSSR count). The van der Waals surface area contributed by atoms with E-state index in [1.165, 1.54) is 6.07 Å². The zero-order valence-electron chi connectivity index (χ0n) is 16.0. The van der Waals surface area contributed by atoms with E-state index in [9.17, 15) is 26.3 Å². The van der Waals surface area contributed by atoms with Crippen LogP contribution in [0.1, 0.15) is 18.2 Å². The molecule has 0 aliphatic rings. The van der Waals surface area contributed by atoms with E-state index in [0.717, 1.165) is 13.1 Å². The Bertz CT molecular complexity index is 1170. The second-order valence-electron chi connectivity index (χ2n) is 6.41. The fraction of sp³-hybridized carbons (Fsp3) is 0.235. The molecule has 0 amide bonds. The number of hydrogen-bond donors (Lipinski definition) is 2. The number of hydrogen-bond acceptors (Lipinski definition) is 7. The predicted octanol–water partition coefficient (Wildman–Crippen LogP) is 3.55. The quantitative estimate of drug-likeness (QED) is 0.431. The first-order chi connectivity index (χ1) is 14.8. The van der Waals surface area contributed by atoms with Crippen molar-refractivity contribution in [3.05, 3.63) is 41.7 Å². The van der Waals surface area contributed by atoms with E-state index in [1.807, 2.05) is 11.4 Å². The van der Waals surface area contributed by atoms with Crippen LogP contribution >= 0.6 is 9.24 Å². The van der Waals surface area contributed by atoms with Gasteiger partial charge in [0, 0.05) is 11.9 Å². The molecule has 0 aliphatic carbocycles. The summed E-state index contributed by atoms with van der Waals surface area (Å²) in [7, 11) is 2.38. The van der Waals surface area contributed by atoms with Crippen molar-refractivity contribution in [2.45, 2.75) is 25.3 Å². The van der Waals surface area contributed by atoms with Crippen LogP contribution in [0, 0.1) is 11.3 Å². The van der Waals surface area contributed by atoms with Gasteiger partial charge in [-0.05, 0) is 36.5 Å². The maximum atomic E-state index is 12.9. The Morgan fingerprint density at radius 2 is 1.75 bits per heavy atom. The Morgan fingerprint density at radius 3 is 2.34 bits per heavy atom. The molecule has 3 aromatic rings. The first-order valence-corrected chi connectivity index (χ1v) is 9.23. The Balaban J connectivity index is 2.03. The van der Waals surface area contributed by atoms with Crippen molar-refractivity contribution in [1.82, 2.24) is 24.7 Å². The van der Waals surface area contributed by atoms with Gasteiger partial charge in [-0.2, -0.15) is 51.7 Å². The lowest BCUT2D eigenvalue weighted by Crippen LogP contribution is -2.34. The van der Waals surface area contributed by atoms with Crippen LogP contribution in [0.4, 0.5) is 43.9 Å². The summed E-state index contributed by atoms with van der Waals surface area (Å²) < 4.78 is 78.1. The van der Waals surface area contributed by atoms with Gasteiger partial charge in [-0.15, -0.1) is 9.24 Å². The van der Waals surface area contributed by atoms with E-state index in [4.69, 9.17) is 5.26 Å². The number of alkyl halides is 6. The SMILES string of the molecule is CC(Nc1nc(Nc2cc(P)cc(C#N)c2)nc(-n2ccc(C(F)(F)F)n2)n1)C(F)(F)F. The van der Waals surface area contributed by atoms with Gasteiger partial charge >= 0.3 is 12.4 Å². The van der Waals surface area contributed by atoms with E-state index in [2.05, 4.69) is 34.6 Å². The van der Waals surface area contributed by atoms with Gasteiger partial charge < -0.3 is 10.6 Å². The lowest BCUT2D eigenvalue weighted by molar-refractivity contribution is -0.141. The summed E-state index contributed by atoms with van der Waals surface area (Å²) in [6, 6.07) is 5.12. The van der Waals surface area contributed by atoms with E-state index in [-0.39, 0.29) is 11.5 Å². The summed E-state index contributed by atoms with van der Waals surface area (Å²) >= 11 is 0. The molecule has 0 saturated carbocycles. The van der Waals surface area contributed by atoms with E-state index < -0.39 is 36.0 Å². The fourth-order valence-electron chi connectivity index (χ4n) is 2.37. The molecule has 2 atom stereocenters. The number of halogens is 6.